The van der Waals surface area contributed by atoms with Crippen LogP contribution in [0.25, 0.3) is 0 Å². The maximum absolute atomic E-state index is 12.3. The molecule has 0 aromatic carbocycles. The van der Waals surface area contributed by atoms with E-state index in [9.17, 15) is 4.79 Å². The van der Waals surface area contributed by atoms with Crippen molar-refractivity contribution in [3.05, 3.63) is 0 Å². The fourth-order valence-corrected chi connectivity index (χ4v) is 4.32. The number of likely N-dealkylation sites (tertiary alicyclic amines) is 1. The number of carbonyl (C=O) groups excluding carboxylic acids is 1. The lowest BCUT2D eigenvalue weighted by atomic mass is 9.82. The molecule has 0 spiro atoms. The topological polar surface area (TPSA) is 41.6 Å². The van der Waals surface area contributed by atoms with Gasteiger partial charge in [0.15, 0.2) is 0 Å². The van der Waals surface area contributed by atoms with E-state index < -0.39 is 5.60 Å². The molecule has 3 fully saturated rings. The Balaban J connectivity index is 1.45. The Bertz CT molecular complexity index is 414. The van der Waals surface area contributed by atoms with Gasteiger partial charge in [-0.05, 0) is 71.1 Å². The smallest absolute Gasteiger partial charge is 0.410 e. The molecule has 1 saturated heterocycles. The van der Waals surface area contributed by atoms with E-state index in [4.69, 9.17) is 4.74 Å². The van der Waals surface area contributed by atoms with E-state index in [1.54, 1.807) is 0 Å². The second kappa shape index (κ2) is 7.00. The molecular formula is C19H34N2O2. The summed E-state index contributed by atoms with van der Waals surface area (Å²) in [6.07, 6.45) is 10.5. The molecule has 0 radical (unpaired) electrons. The molecule has 1 amide bonds. The van der Waals surface area contributed by atoms with Crippen molar-refractivity contribution in [1.82, 2.24) is 10.2 Å². The maximum Gasteiger partial charge on any atom is 0.410 e. The van der Waals surface area contributed by atoms with E-state index in [-0.39, 0.29) is 6.09 Å². The van der Waals surface area contributed by atoms with Crippen molar-refractivity contribution < 1.29 is 9.53 Å². The van der Waals surface area contributed by atoms with Crippen LogP contribution in [0.2, 0.25) is 0 Å². The van der Waals surface area contributed by atoms with Gasteiger partial charge in [-0.1, -0.05) is 12.8 Å². The number of nitrogens with one attached hydrogen (secondary N) is 1. The molecule has 0 bridgehead atoms. The number of amides is 1. The summed E-state index contributed by atoms with van der Waals surface area (Å²) in [5.74, 6) is 2.00. The molecule has 132 valence electrons. The SMILES string of the molecule is CC(C)(C)OC(=O)N1CCCC1CNC1CCCC(C2CC2)C1. The molecule has 4 heteroatoms. The average Bonchev–Trinajstić information content (AvgIpc) is 3.22. The second-order valence-corrected chi connectivity index (χ2v) is 8.84. The average molecular weight is 322 g/mol. The summed E-state index contributed by atoms with van der Waals surface area (Å²) in [5, 5.41) is 3.77. The Kier molecular flexibility index (Phi) is 5.19. The van der Waals surface area contributed by atoms with Crippen LogP contribution in [0.4, 0.5) is 4.79 Å². The third-order valence-corrected chi connectivity index (χ3v) is 5.65. The van der Waals surface area contributed by atoms with Crippen molar-refractivity contribution in [2.45, 2.75) is 89.8 Å². The number of nitrogens with zero attached hydrogens (tertiary/aromatic N) is 1. The second-order valence-electron chi connectivity index (χ2n) is 8.84. The fourth-order valence-electron chi connectivity index (χ4n) is 4.32. The van der Waals surface area contributed by atoms with Gasteiger partial charge in [-0.25, -0.2) is 4.79 Å². The van der Waals surface area contributed by atoms with Gasteiger partial charge >= 0.3 is 6.09 Å². The Morgan fingerprint density at radius 3 is 2.57 bits per heavy atom. The summed E-state index contributed by atoms with van der Waals surface area (Å²) in [4.78, 5) is 14.3. The Morgan fingerprint density at radius 2 is 1.87 bits per heavy atom. The van der Waals surface area contributed by atoms with E-state index in [0.717, 1.165) is 37.8 Å². The highest BCUT2D eigenvalue weighted by Crippen LogP contribution is 2.43. The lowest BCUT2D eigenvalue weighted by Crippen LogP contribution is -2.46. The molecule has 3 atom stereocenters. The molecule has 3 aliphatic rings. The summed E-state index contributed by atoms with van der Waals surface area (Å²) >= 11 is 0. The summed E-state index contributed by atoms with van der Waals surface area (Å²) in [5.41, 5.74) is -0.404. The first-order valence-corrected chi connectivity index (χ1v) is 9.65. The van der Waals surface area contributed by atoms with Gasteiger partial charge in [0.1, 0.15) is 5.60 Å². The number of carbonyl (C=O) groups is 1. The molecule has 3 rings (SSSR count). The van der Waals surface area contributed by atoms with Crippen molar-refractivity contribution in [1.29, 1.82) is 0 Å². The standard InChI is InChI=1S/C19H34N2O2/c1-19(2,3)23-18(22)21-11-5-8-17(21)13-20-16-7-4-6-15(12-16)14-9-10-14/h14-17,20H,4-13H2,1-3H3. The van der Waals surface area contributed by atoms with E-state index in [0.29, 0.717) is 12.1 Å². The first kappa shape index (κ1) is 17.1. The molecule has 0 aromatic rings. The molecule has 1 N–H and O–H groups in total. The highest BCUT2D eigenvalue weighted by Gasteiger charge is 2.36. The van der Waals surface area contributed by atoms with E-state index in [1.165, 1.54) is 38.5 Å². The summed E-state index contributed by atoms with van der Waals surface area (Å²) in [6.45, 7) is 7.59. The van der Waals surface area contributed by atoms with Crippen LogP contribution in [0.15, 0.2) is 0 Å². The Morgan fingerprint density at radius 1 is 1.09 bits per heavy atom. The van der Waals surface area contributed by atoms with Gasteiger partial charge in [0, 0.05) is 25.2 Å². The third kappa shape index (κ3) is 4.85. The van der Waals surface area contributed by atoms with Crippen LogP contribution < -0.4 is 5.32 Å². The predicted octanol–water partition coefficient (Wildman–Crippen LogP) is 3.94. The van der Waals surface area contributed by atoms with Gasteiger partial charge in [0.2, 0.25) is 0 Å². The minimum Gasteiger partial charge on any atom is -0.444 e. The molecule has 4 nitrogen and oxygen atoms in total. The van der Waals surface area contributed by atoms with Gasteiger partial charge in [-0.15, -0.1) is 0 Å². The van der Waals surface area contributed by atoms with Crippen molar-refractivity contribution in [3.8, 4) is 0 Å². The zero-order chi connectivity index (χ0) is 16.4. The normalized spacial score (nSPS) is 32.1. The van der Waals surface area contributed by atoms with Crippen LogP contribution in [0.3, 0.4) is 0 Å². The van der Waals surface area contributed by atoms with Crippen LogP contribution in [0.1, 0.15) is 72.1 Å². The van der Waals surface area contributed by atoms with Crippen LogP contribution in [-0.4, -0.2) is 41.8 Å². The molecule has 0 aromatic heterocycles. The number of hydrogen-bond donors (Lipinski definition) is 1. The Hall–Kier alpha value is -0.770. The fraction of sp³-hybridized carbons (Fsp3) is 0.947. The largest absolute Gasteiger partial charge is 0.444 e. The predicted molar refractivity (Wildman–Crippen MR) is 92.4 cm³/mol. The molecule has 2 saturated carbocycles. The van der Waals surface area contributed by atoms with Crippen molar-refractivity contribution in [3.63, 3.8) is 0 Å². The third-order valence-electron chi connectivity index (χ3n) is 5.65. The molecule has 2 aliphatic carbocycles. The highest BCUT2D eigenvalue weighted by atomic mass is 16.6. The first-order valence-electron chi connectivity index (χ1n) is 9.65. The molecular weight excluding hydrogens is 288 g/mol. The monoisotopic (exact) mass is 322 g/mol. The lowest BCUT2D eigenvalue weighted by Gasteiger charge is -2.33. The summed E-state index contributed by atoms with van der Waals surface area (Å²) < 4.78 is 5.56. The van der Waals surface area contributed by atoms with Crippen molar-refractivity contribution >= 4 is 6.09 Å². The molecule has 3 unspecified atom stereocenters. The van der Waals surface area contributed by atoms with Gasteiger partial charge < -0.3 is 15.0 Å². The summed E-state index contributed by atoms with van der Waals surface area (Å²) in [6, 6.07) is 0.974. The summed E-state index contributed by atoms with van der Waals surface area (Å²) in [7, 11) is 0. The molecule has 23 heavy (non-hydrogen) atoms. The van der Waals surface area contributed by atoms with Crippen LogP contribution in [-0.2, 0) is 4.74 Å². The first-order chi connectivity index (χ1) is 10.9. The number of ether oxygens (including phenoxy) is 1. The van der Waals surface area contributed by atoms with E-state index in [2.05, 4.69) is 5.32 Å². The maximum atomic E-state index is 12.3. The minimum atomic E-state index is -0.404. The van der Waals surface area contributed by atoms with Crippen LogP contribution in [0.5, 0.6) is 0 Å². The van der Waals surface area contributed by atoms with Gasteiger partial charge in [0.25, 0.3) is 0 Å². The quantitative estimate of drug-likeness (QED) is 0.852. The Labute approximate surface area is 141 Å². The number of hydrogen-bond acceptors (Lipinski definition) is 3. The lowest BCUT2D eigenvalue weighted by molar-refractivity contribution is 0.0223. The van der Waals surface area contributed by atoms with Gasteiger partial charge in [-0.2, -0.15) is 0 Å². The van der Waals surface area contributed by atoms with Crippen molar-refractivity contribution in [2.75, 3.05) is 13.1 Å². The van der Waals surface area contributed by atoms with E-state index >= 15 is 0 Å². The molecule has 1 heterocycles. The van der Waals surface area contributed by atoms with Crippen LogP contribution in [0, 0.1) is 11.8 Å². The van der Waals surface area contributed by atoms with Gasteiger partial charge in [-0.3, -0.25) is 0 Å². The molecule has 1 aliphatic heterocycles. The number of rotatable bonds is 4. The minimum absolute atomic E-state index is 0.138. The van der Waals surface area contributed by atoms with Gasteiger partial charge in [0.05, 0.1) is 0 Å². The van der Waals surface area contributed by atoms with Crippen LogP contribution >= 0.6 is 0 Å². The van der Waals surface area contributed by atoms with Crippen molar-refractivity contribution in [2.24, 2.45) is 11.8 Å². The zero-order valence-electron chi connectivity index (χ0n) is 15.1. The zero-order valence-corrected chi connectivity index (χ0v) is 15.1. The highest BCUT2D eigenvalue weighted by molar-refractivity contribution is 5.69. The van der Waals surface area contributed by atoms with E-state index in [1.807, 2.05) is 25.7 Å².